The van der Waals surface area contributed by atoms with Crippen molar-refractivity contribution >= 4 is 11.7 Å². The van der Waals surface area contributed by atoms with Crippen molar-refractivity contribution in [3.8, 4) is 5.75 Å². The third-order valence-electron chi connectivity index (χ3n) is 5.56. The molecule has 2 aromatic carbocycles. The van der Waals surface area contributed by atoms with Crippen LogP contribution in [-0.2, 0) is 4.79 Å². The number of alkyl halides is 3. The van der Waals surface area contributed by atoms with Gasteiger partial charge in [-0.2, -0.15) is 0 Å². The molecule has 0 aliphatic carbocycles. The number of carboxylic acid groups (broad SMARTS) is 1. The summed E-state index contributed by atoms with van der Waals surface area (Å²) in [6.45, 7) is 4.93. The number of benzene rings is 2. The van der Waals surface area contributed by atoms with Crippen LogP contribution in [0.1, 0.15) is 56.2 Å². The Kier molecular flexibility index (Phi) is 6.58. The maximum atomic E-state index is 12.5. The highest BCUT2D eigenvalue weighted by Gasteiger charge is 2.33. The van der Waals surface area contributed by atoms with Gasteiger partial charge in [0.1, 0.15) is 5.75 Å². The van der Waals surface area contributed by atoms with Crippen LogP contribution in [0.3, 0.4) is 0 Å². The van der Waals surface area contributed by atoms with Crippen LogP contribution in [0.25, 0.3) is 0 Å². The van der Waals surface area contributed by atoms with Crippen LogP contribution in [0, 0.1) is 5.92 Å². The fourth-order valence-corrected chi connectivity index (χ4v) is 4.04. The Morgan fingerprint density at radius 3 is 2.30 bits per heavy atom. The summed E-state index contributed by atoms with van der Waals surface area (Å²) >= 11 is 0. The summed E-state index contributed by atoms with van der Waals surface area (Å²) in [5.74, 6) is -0.665. The normalized spacial score (nSPS) is 19.7. The molecule has 30 heavy (non-hydrogen) atoms. The highest BCUT2D eigenvalue weighted by Crippen LogP contribution is 2.39. The third kappa shape index (κ3) is 5.68. The van der Waals surface area contributed by atoms with Gasteiger partial charge in [-0.25, -0.2) is 0 Å². The monoisotopic (exact) mass is 421 g/mol. The van der Waals surface area contributed by atoms with E-state index in [0.717, 1.165) is 17.7 Å². The van der Waals surface area contributed by atoms with E-state index in [-0.39, 0.29) is 24.1 Å². The number of nitrogens with zero attached hydrogens (tertiary/aromatic N) is 1. The quantitative estimate of drug-likeness (QED) is 0.609. The zero-order valence-corrected chi connectivity index (χ0v) is 17.0. The molecular weight excluding hydrogens is 395 g/mol. The Morgan fingerprint density at radius 2 is 1.77 bits per heavy atom. The minimum Gasteiger partial charge on any atom is -0.481 e. The van der Waals surface area contributed by atoms with E-state index in [1.807, 2.05) is 0 Å². The smallest absolute Gasteiger partial charge is 0.481 e. The number of halogens is 3. The Labute approximate surface area is 174 Å². The van der Waals surface area contributed by atoms with Crippen LogP contribution in [0.5, 0.6) is 5.75 Å². The zero-order valence-electron chi connectivity index (χ0n) is 17.0. The molecule has 1 saturated heterocycles. The van der Waals surface area contributed by atoms with Crippen LogP contribution in [0.15, 0.2) is 48.5 Å². The Hall–Kier alpha value is -2.70. The Bertz CT molecular complexity index is 847. The van der Waals surface area contributed by atoms with Crippen LogP contribution in [-0.4, -0.2) is 24.0 Å². The number of rotatable bonds is 6. The summed E-state index contributed by atoms with van der Waals surface area (Å²) in [4.78, 5) is 13.4. The molecule has 7 heteroatoms. The molecule has 1 aliphatic rings. The van der Waals surface area contributed by atoms with E-state index in [1.54, 1.807) is 12.1 Å². The number of aliphatic carboxylic acids is 1. The molecule has 0 radical (unpaired) electrons. The molecule has 2 atom stereocenters. The Balaban J connectivity index is 1.86. The van der Waals surface area contributed by atoms with E-state index in [0.29, 0.717) is 18.9 Å². The first-order chi connectivity index (χ1) is 14.1. The van der Waals surface area contributed by atoms with Crippen LogP contribution in [0.2, 0.25) is 0 Å². The maximum Gasteiger partial charge on any atom is 0.573 e. The van der Waals surface area contributed by atoms with Crippen LogP contribution < -0.4 is 9.64 Å². The fraction of sp³-hybridized carbons (Fsp3) is 0.435. The number of piperidine rings is 1. The van der Waals surface area contributed by atoms with Gasteiger partial charge in [-0.3, -0.25) is 4.79 Å². The molecule has 3 rings (SSSR count). The molecule has 1 N–H and O–H groups in total. The minimum atomic E-state index is -4.73. The highest BCUT2D eigenvalue weighted by molar-refractivity contribution is 5.67. The second kappa shape index (κ2) is 8.98. The lowest BCUT2D eigenvalue weighted by Gasteiger charge is -2.41. The second-order valence-electron chi connectivity index (χ2n) is 8.06. The van der Waals surface area contributed by atoms with Crippen LogP contribution in [0.4, 0.5) is 18.9 Å². The predicted molar refractivity (Wildman–Crippen MR) is 109 cm³/mol. The van der Waals surface area contributed by atoms with E-state index >= 15 is 0 Å². The molecule has 162 valence electrons. The average molecular weight is 421 g/mol. The van der Waals surface area contributed by atoms with Gasteiger partial charge in [0.15, 0.2) is 0 Å². The standard InChI is InChI=1S/C23H26F3NO3/c1-15(2)17-3-7-19(8-4-17)27-12-11-16(14-22(28)29)13-21(27)18-5-9-20(10-6-18)30-23(24,25)26/h3-10,15-16,21H,11-14H2,1-2H3,(H,28,29). The van der Waals surface area contributed by atoms with Gasteiger partial charge in [-0.05, 0) is 60.1 Å². The average Bonchev–Trinajstić information content (AvgIpc) is 2.67. The summed E-state index contributed by atoms with van der Waals surface area (Å²) < 4.78 is 41.3. The second-order valence-corrected chi connectivity index (χ2v) is 8.06. The number of hydrogen-bond donors (Lipinski definition) is 1. The van der Waals surface area contributed by atoms with E-state index in [1.165, 1.54) is 17.7 Å². The lowest BCUT2D eigenvalue weighted by Crippen LogP contribution is -2.37. The predicted octanol–water partition coefficient (Wildman–Crippen LogP) is 6.14. The molecule has 2 aromatic rings. The molecule has 0 spiro atoms. The van der Waals surface area contributed by atoms with Gasteiger partial charge >= 0.3 is 12.3 Å². The zero-order chi connectivity index (χ0) is 21.9. The molecular formula is C23H26F3NO3. The number of hydrogen-bond acceptors (Lipinski definition) is 3. The van der Waals surface area contributed by atoms with Gasteiger partial charge < -0.3 is 14.7 Å². The molecule has 4 nitrogen and oxygen atoms in total. The minimum absolute atomic E-state index is 0.0183. The van der Waals surface area contributed by atoms with E-state index in [9.17, 15) is 23.1 Å². The molecule has 0 bridgehead atoms. The first-order valence-corrected chi connectivity index (χ1v) is 10.1. The van der Waals surface area contributed by atoms with Gasteiger partial charge in [0.25, 0.3) is 0 Å². The summed E-state index contributed by atoms with van der Waals surface area (Å²) in [7, 11) is 0. The van der Waals surface area contributed by atoms with Gasteiger partial charge in [0, 0.05) is 18.7 Å². The van der Waals surface area contributed by atoms with Crippen molar-refractivity contribution < 1.29 is 27.8 Å². The molecule has 2 unspecified atom stereocenters. The largest absolute Gasteiger partial charge is 0.573 e. The van der Waals surface area contributed by atoms with E-state index < -0.39 is 12.3 Å². The van der Waals surface area contributed by atoms with Gasteiger partial charge in [0.2, 0.25) is 0 Å². The molecule has 1 aliphatic heterocycles. The van der Waals surface area contributed by atoms with E-state index in [4.69, 9.17) is 0 Å². The first kappa shape index (κ1) is 22.0. The van der Waals surface area contributed by atoms with Crippen LogP contribution >= 0.6 is 0 Å². The van der Waals surface area contributed by atoms with Gasteiger partial charge in [-0.1, -0.05) is 38.1 Å². The summed E-state index contributed by atoms with van der Waals surface area (Å²) in [6.07, 6.45) is -3.27. The summed E-state index contributed by atoms with van der Waals surface area (Å²) in [5, 5.41) is 9.20. The number of carbonyl (C=O) groups is 1. The van der Waals surface area contributed by atoms with Crippen molar-refractivity contribution in [3.63, 3.8) is 0 Å². The molecule has 0 aromatic heterocycles. The summed E-state index contributed by atoms with van der Waals surface area (Å²) in [6, 6.07) is 14.0. The van der Waals surface area contributed by atoms with Crippen molar-refractivity contribution in [2.24, 2.45) is 5.92 Å². The third-order valence-corrected chi connectivity index (χ3v) is 5.56. The molecule has 0 amide bonds. The van der Waals surface area contributed by atoms with Crippen molar-refractivity contribution in [1.82, 2.24) is 0 Å². The van der Waals surface area contributed by atoms with Gasteiger partial charge in [-0.15, -0.1) is 13.2 Å². The highest BCUT2D eigenvalue weighted by atomic mass is 19.4. The maximum absolute atomic E-state index is 12.5. The topological polar surface area (TPSA) is 49.8 Å². The SMILES string of the molecule is CC(C)c1ccc(N2CCC(CC(=O)O)CC2c2ccc(OC(F)(F)F)cc2)cc1. The molecule has 1 heterocycles. The van der Waals surface area contributed by atoms with Crippen molar-refractivity contribution in [2.75, 3.05) is 11.4 Å². The Morgan fingerprint density at radius 1 is 1.13 bits per heavy atom. The van der Waals surface area contributed by atoms with E-state index in [2.05, 4.69) is 47.7 Å². The summed E-state index contributed by atoms with van der Waals surface area (Å²) in [5.41, 5.74) is 3.09. The first-order valence-electron chi connectivity index (χ1n) is 10.1. The lowest BCUT2D eigenvalue weighted by molar-refractivity contribution is -0.274. The molecule has 0 saturated carbocycles. The number of carboxylic acids is 1. The van der Waals surface area contributed by atoms with Gasteiger partial charge in [0.05, 0.1) is 6.04 Å². The van der Waals surface area contributed by atoms with Crippen molar-refractivity contribution in [1.29, 1.82) is 0 Å². The lowest BCUT2D eigenvalue weighted by atomic mass is 9.84. The number of ether oxygens (including phenoxy) is 1. The van der Waals surface area contributed by atoms with Crippen molar-refractivity contribution in [2.45, 2.75) is 51.4 Å². The molecule has 1 fully saturated rings. The number of anilines is 1. The fourth-order valence-electron chi connectivity index (χ4n) is 4.04. The van der Waals surface area contributed by atoms with Crippen molar-refractivity contribution in [3.05, 3.63) is 59.7 Å².